The van der Waals surface area contributed by atoms with Crippen molar-refractivity contribution in [1.82, 2.24) is 0 Å². The summed E-state index contributed by atoms with van der Waals surface area (Å²) in [6.07, 6.45) is 0. The van der Waals surface area contributed by atoms with Crippen LogP contribution in [0.5, 0.6) is 5.75 Å². The van der Waals surface area contributed by atoms with Crippen LogP contribution in [0, 0.1) is 6.92 Å². The van der Waals surface area contributed by atoms with Crippen molar-refractivity contribution in [3.05, 3.63) is 66.2 Å². The van der Waals surface area contributed by atoms with Crippen LogP contribution in [0.4, 0.5) is 0 Å². The molecule has 3 aromatic rings. The highest BCUT2D eigenvalue weighted by molar-refractivity contribution is 5.98. The molecule has 0 saturated heterocycles. The summed E-state index contributed by atoms with van der Waals surface area (Å²) in [6, 6.07) is 21.1. The highest BCUT2D eigenvalue weighted by Gasteiger charge is 2.06. The van der Waals surface area contributed by atoms with Gasteiger partial charge in [0, 0.05) is 0 Å². The lowest BCUT2D eigenvalue weighted by molar-refractivity contribution is 0.415. The molecular weight excluding hydrogens is 232 g/mol. The molecule has 0 bridgehead atoms. The number of hydrogen-bond donors (Lipinski definition) is 0. The number of benzene rings is 3. The molecule has 0 radical (unpaired) electrons. The van der Waals surface area contributed by atoms with E-state index in [2.05, 4.69) is 55.5 Å². The molecule has 0 aliphatic heterocycles. The predicted octanol–water partition coefficient (Wildman–Crippen LogP) is 4.82. The summed E-state index contributed by atoms with van der Waals surface area (Å²) >= 11 is 0. The highest BCUT2D eigenvalue weighted by Crippen LogP contribution is 2.32. The van der Waals surface area contributed by atoms with Gasteiger partial charge in [-0.25, -0.2) is 0 Å². The van der Waals surface area contributed by atoms with E-state index < -0.39 is 0 Å². The van der Waals surface area contributed by atoms with E-state index in [0.29, 0.717) is 0 Å². The van der Waals surface area contributed by atoms with Crippen LogP contribution in [0.3, 0.4) is 0 Å². The van der Waals surface area contributed by atoms with Crippen molar-refractivity contribution >= 4 is 10.8 Å². The molecule has 3 aromatic carbocycles. The van der Waals surface area contributed by atoms with Crippen LogP contribution in [0.1, 0.15) is 5.56 Å². The first-order valence-electron chi connectivity index (χ1n) is 6.42. The largest absolute Gasteiger partial charge is 0.497 e. The second-order valence-electron chi connectivity index (χ2n) is 4.71. The third-order valence-electron chi connectivity index (χ3n) is 3.52. The van der Waals surface area contributed by atoms with E-state index in [-0.39, 0.29) is 0 Å². The van der Waals surface area contributed by atoms with Gasteiger partial charge in [0.05, 0.1) is 7.11 Å². The Labute approximate surface area is 113 Å². The monoisotopic (exact) mass is 248 g/mol. The van der Waals surface area contributed by atoms with E-state index in [4.69, 9.17) is 4.74 Å². The molecule has 1 nitrogen and oxygen atoms in total. The maximum atomic E-state index is 5.31. The Morgan fingerprint density at radius 2 is 1.58 bits per heavy atom. The molecule has 0 amide bonds. The van der Waals surface area contributed by atoms with E-state index in [1.54, 1.807) is 7.11 Å². The first kappa shape index (κ1) is 11.8. The topological polar surface area (TPSA) is 9.23 Å². The van der Waals surface area contributed by atoms with Crippen molar-refractivity contribution in [2.24, 2.45) is 0 Å². The standard InChI is InChI=1S/C18H16O/c1-13-10-11-17(18-9-4-3-8-16(13)18)14-6-5-7-15(12-14)19-2/h3-12H,1-2H3. The lowest BCUT2D eigenvalue weighted by Crippen LogP contribution is -1.86. The Hall–Kier alpha value is -2.28. The first-order chi connectivity index (χ1) is 9.29. The summed E-state index contributed by atoms with van der Waals surface area (Å²) in [5.74, 6) is 0.891. The first-order valence-corrected chi connectivity index (χ1v) is 6.42. The number of methoxy groups -OCH3 is 1. The summed E-state index contributed by atoms with van der Waals surface area (Å²) in [5.41, 5.74) is 3.75. The summed E-state index contributed by atoms with van der Waals surface area (Å²) < 4.78 is 5.31. The minimum atomic E-state index is 0.891. The Morgan fingerprint density at radius 1 is 0.789 bits per heavy atom. The van der Waals surface area contributed by atoms with Crippen LogP contribution in [0.15, 0.2) is 60.7 Å². The van der Waals surface area contributed by atoms with Gasteiger partial charge in [-0.3, -0.25) is 0 Å². The highest BCUT2D eigenvalue weighted by atomic mass is 16.5. The average Bonchev–Trinajstić information content (AvgIpc) is 2.48. The maximum Gasteiger partial charge on any atom is 0.119 e. The maximum absolute atomic E-state index is 5.31. The molecule has 0 aliphatic carbocycles. The van der Waals surface area contributed by atoms with Gasteiger partial charge < -0.3 is 4.74 Å². The van der Waals surface area contributed by atoms with E-state index in [1.807, 2.05) is 12.1 Å². The molecule has 0 aromatic heterocycles. The van der Waals surface area contributed by atoms with Gasteiger partial charge >= 0.3 is 0 Å². The molecule has 0 heterocycles. The molecule has 0 spiro atoms. The smallest absolute Gasteiger partial charge is 0.119 e. The molecule has 19 heavy (non-hydrogen) atoms. The molecule has 0 atom stereocenters. The third kappa shape index (κ3) is 2.08. The third-order valence-corrected chi connectivity index (χ3v) is 3.52. The van der Waals surface area contributed by atoms with Gasteiger partial charge in [-0.05, 0) is 46.5 Å². The van der Waals surface area contributed by atoms with E-state index in [1.165, 1.54) is 27.5 Å². The minimum Gasteiger partial charge on any atom is -0.497 e. The minimum absolute atomic E-state index is 0.891. The molecule has 94 valence electrons. The van der Waals surface area contributed by atoms with Crippen LogP contribution < -0.4 is 4.74 Å². The Kier molecular flexibility index (Phi) is 2.96. The second kappa shape index (κ2) is 4.77. The molecule has 3 rings (SSSR count). The van der Waals surface area contributed by atoms with Crippen LogP contribution >= 0.6 is 0 Å². The zero-order valence-electron chi connectivity index (χ0n) is 11.2. The van der Waals surface area contributed by atoms with Crippen molar-refractivity contribution in [3.63, 3.8) is 0 Å². The molecule has 0 saturated carbocycles. The van der Waals surface area contributed by atoms with E-state index >= 15 is 0 Å². The van der Waals surface area contributed by atoms with Crippen molar-refractivity contribution in [2.45, 2.75) is 6.92 Å². The molecule has 1 heteroatoms. The van der Waals surface area contributed by atoms with Gasteiger partial charge in [-0.15, -0.1) is 0 Å². The normalized spacial score (nSPS) is 10.6. The van der Waals surface area contributed by atoms with Gasteiger partial charge in [0.25, 0.3) is 0 Å². The van der Waals surface area contributed by atoms with Gasteiger partial charge in [0.2, 0.25) is 0 Å². The Morgan fingerprint density at radius 3 is 2.37 bits per heavy atom. The predicted molar refractivity (Wildman–Crippen MR) is 80.7 cm³/mol. The van der Waals surface area contributed by atoms with Crippen LogP contribution in [-0.4, -0.2) is 7.11 Å². The summed E-state index contributed by atoms with van der Waals surface area (Å²) in [7, 11) is 1.70. The fraction of sp³-hybridized carbons (Fsp3) is 0.111. The summed E-state index contributed by atoms with van der Waals surface area (Å²) in [4.78, 5) is 0. The van der Waals surface area contributed by atoms with Gasteiger partial charge in [0.15, 0.2) is 0 Å². The molecule has 0 aliphatic rings. The van der Waals surface area contributed by atoms with Gasteiger partial charge in [-0.2, -0.15) is 0 Å². The Bertz CT molecular complexity index is 729. The van der Waals surface area contributed by atoms with Gasteiger partial charge in [0.1, 0.15) is 5.75 Å². The molecule has 0 unspecified atom stereocenters. The number of hydrogen-bond acceptors (Lipinski definition) is 1. The summed E-state index contributed by atoms with van der Waals surface area (Å²) in [6.45, 7) is 2.15. The lowest BCUT2D eigenvalue weighted by atomic mass is 9.95. The van der Waals surface area contributed by atoms with Crippen LogP contribution in [-0.2, 0) is 0 Å². The number of aryl methyl sites for hydroxylation is 1. The van der Waals surface area contributed by atoms with Crippen molar-refractivity contribution in [2.75, 3.05) is 7.11 Å². The zero-order chi connectivity index (χ0) is 13.2. The average molecular weight is 248 g/mol. The van der Waals surface area contributed by atoms with Crippen LogP contribution in [0.25, 0.3) is 21.9 Å². The Balaban J connectivity index is 2.28. The molecular formula is C18H16O. The SMILES string of the molecule is COc1cccc(-c2ccc(C)c3ccccc23)c1. The zero-order valence-corrected chi connectivity index (χ0v) is 11.2. The fourth-order valence-corrected chi connectivity index (χ4v) is 2.49. The number of rotatable bonds is 2. The van der Waals surface area contributed by atoms with Crippen molar-refractivity contribution in [3.8, 4) is 16.9 Å². The van der Waals surface area contributed by atoms with Crippen molar-refractivity contribution in [1.29, 1.82) is 0 Å². The molecule has 0 fully saturated rings. The second-order valence-corrected chi connectivity index (χ2v) is 4.71. The lowest BCUT2D eigenvalue weighted by Gasteiger charge is -2.10. The van der Waals surface area contributed by atoms with Gasteiger partial charge in [-0.1, -0.05) is 48.5 Å². The fourth-order valence-electron chi connectivity index (χ4n) is 2.49. The van der Waals surface area contributed by atoms with Crippen molar-refractivity contribution < 1.29 is 4.74 Å². The van der Waals surface area contributed by atoms with E-state index in [0.717, 1.165) is 5.75 Å². The number of ether oxygens (including phenoxy) is 1. The van der Waals surface area contributed by atoms with Crippen LogP contribution in [0.2, 0.25) is 0 Å². The quantitative estimate of drug-likeness (QED) is 0.631. The van der Waals surface area contributed by atoms with E-state index in [9.17, 15) is 0 Å². The summed E-state index contributed by atoms with van der Waals surface area (Å²) in [5, 5.41) is 2.60. The number of fused-ring (bicyclic) bond motifs is 1. The molecule has 0 N–H and O–H groups in total.